The lowest BCUT2D eigenvalue weighted by atomic mass is 10.1. The third-order valence-corrected chi connectivity index (χ3v) is 7.03. The lowest BCUT2D eigenvalue weighted by Crippen LogP contribution is -2.30. The van der Waals surface area contributed by atoms with Crippen molar-refractivity contribution >= 4 is 21.6 Å². The van der Waals surface area contributed by atoms with E-state index in [1.807, 2.05) is 12.1 Å². The number of carbonyl (C=O) groups excluding carboxylic acids is 1. The van der Waals surface area contributed by atoms with Crippen LogP contribution in [0, 0.1) is 0 Å². The molecule has 31 heavy (non-hydrogen) atoms. The molecule has 0 heterocycles. The summed E-state index contributed by atoms with van der Waals surface area (Å²) in [6.45, 7) is 0. The number of hydrogen-bond acceptors (Lipinski definition) is 4. The zero-order valence-corrected chi connectivity index (χ0v) is 18.2. The van der Waals surface area contributed by atoms with Crippen molar-refractivity contribution in [2.75, 3.05) is 18.9 Å². The summed E-state index contributed by atoms with van der Waals surface area (Å²) in [6, 6.07) is 21.0. The molecule has 0 aliphatic heterocycles. The minimum absolute atomic E-state index is 0.0271. The van der Waals surface area contributed by atoms with E-state index in [1.54, 1.807) is 48.3 Å². The van der Waals surface area contributed by atoms with E-state index in [1.165, 1.54) is 30.4 Å². The number of nitrogens with one attached hydrogen (secondary N) is 1. The van der Waals surface area contributed by atoms with Crippen LogP contribution in [0.3, 0.4) is 0 Å². The van der Waals surface area contributed by atoms with E-state index in [9.17, 15) is 13.2 Å². The highest BCUT2D eigenvalue weighted by molar-refractivity contribution is 7.92. The first-order valence-electron chi connectivity index (χ1n) is 10.0. The molecular formula is C24H24N2O4S. The third kappa shape index (κ3) is 4.14. The largest absolute Gasteiger partial charge is 0.495 e. The van der Waals surface area contributed by atoms with Crippen LogP contribution in [0.2, 0.25) is 0 Å². The van der Waals surface area contributed by atoms with Gasteiger partial charge in [-0.05, 0) is 60.4 Å². The van der Waals surface area contributed by atoms with Gasteiger partial charge < -0.3 is 9.64 Å². The van der Waals surface area contributed by atoms with Gasteiger partial charge in [0.1, 0.15) is 5.75 Å². The number of anilines is 1. The van der Waals surface area contributed by atoms with Crippen molar-refractivity contribution in [3.63, 3.8) is 0 Å². The van der Waals surface area contributed by atoms with Crippen molar-refractivity contribution < 1.29 is 17.9 Å². The van der Waals surface area contributed by atoms with Crippen LogP contribution in [0.5, 0.6) is 5.75 Å². The second kappa shape index (κ2) is 8.43. The van der Waals surface area contributed by atoms with Gasteiger partial charge in [-0.1, -0.05) is 36.4 Å². The number of nitrogens with zero attached hydrogens (tertiary/aromatic N) is 1. The summed E-state index contributed by atoms with van der Waals surface area (Å²) in [6.07, 6.45) is 1.83. The van der Waals surface area contributed by atoms with Crippen molar-refractivity contribution in [2.45, 2.75) is 23.8 Å². The molecule has 0 saturated heterocycles. The van der Waals surface area contributed by atoms with Crippen LogP contribution in [0.1, 0.15) is 33.9 Å². The lowest BCUT2D eigenvalue weighted by molar-refractivity contribution is 0.0730. The number of ether oxygens (including phenoxy) is 1. The Morgan fingerprint density at radius 3 is 2.42 bits per heavy atom. The van der Waals surface area contributed by atoms with Crippen LogP contribution in [-0.4, -0.2) is 33.4 Å². The minimum Gasteiger partial charge on any atom is -0.495 e. The Bertz CT molecular complexity index is 1210. The second-order valence-corrected chi connectivity index (χ2v) is 9.18. The van der Waals surface area contributed by atoms with E-state index < -0.39 is 10.0 Å². The lowest BCUT2D eigenvalue weighted by Gasteiger charge is -2.25. The van der Waals surface area contributed by atoms with Gasteiger partial charge in [0, 0.05) is 12.6 Å². The highest BCUT2D eigenvalue weighted by Gasteiger charge is 2.29. The van der Waals surface area contributed by atoms with Crippen molar-refractivity contribution in [2.24, 2.45) is 0 Å². The topological polar surface area (TPSA) is 75.7 Å². The number of hydrogen-bond donors (Lipinski definition) is 1. The van der Waals surface area contributed by atoms with Crippen molar-refractivity contribution in [3.8, 4) is 5.75 Å². The maximum atomic E-state index is 13.0. The maximum absolute atomic E-state index is 13.0. The number of rotatable bonds is 6. The summed E-state index contributed by atoms with van der Waals surface area (Å²) in [5.41, 5.74) is 3.25. The van der Waals surface area contributed by atoms with Gasteiger partial charge in [-0.25, -0.2) is 8.42 Å². The highest BCUT2D eigenvalue weighted by Crippen LogP contribution is 2.35. The monoisotopic (exact) mass is 436 g/mol. The van der Waals surface area contributed by atoms with Crippen molar-refractivity contribution in [3.05, 3.63) is 89.5 Å². The normalized spacial score (nSPS) is 15.2. The number of para-hydroxylation sites is 2. The molecule has 6 nitrogen and oxygen atoms in total. The molecule has 1 amide bonds. The summed E-state index contributed by atoms with van der Waals surface area (Å²) in [4.78, 5) is 14.8. The predicted molar refractivity (Wildman–Crippen MR) is 120 cm³/mol. The fourth-order valence-corrected chi connectivity index (χ4v) is 5.06. The number of amides is 1. The van der Waals surface area contributed by atoms with E-state index in [-0.39, 0.29) is 16.8 Å². The smallest absolute Gasteiger partial charge is 0.262 e. The Morgan fingerprint density at radius 2 is 1.68 bits per heavy atom. The SMILES string of the molecule is COc1ccccc1NS(=O)(=O)c1ccc(C(=O)N(C)C2CCc3ccccc32)cc1. The molecule has 4 rings (SSSR count). The Hall–Kier alpha value is -3.32. The van der Waals surface area contributed by atoms with Crippen LogP contribution < -0.4 is 9.46 Å². The number of fused-ring (bicyclic) bond motifs is 1. The van der Waals surface area contributed by atoms with Gasteiger partial charge >= 0.3 is 0 Å². The van der Waals surface area contributed by atoms with Gasteiger partial charge in [0.25, 0.3) is 15.9 Å². The number of carbonyl (C=O) groups is 1. The van der Waals surface area contributed by atoms with E-state index in [2.05, 4.69) is 16.9 Å². The molecule has 3 aromatic rings. The molecule has 1 aliphatic carbocycles. The Morgan fingerprint density at radius 1 is 1.00 bits per heavy atom. The van der Waals surface area contributed by atoms with Gasteiger partial charge in [-0.2, -0.15) is 0 Å². The Labute approximate surface area is 182 Å². The van der Waals surface area contributed by atoms with Gasteiger partial charge in [0.05, 0.1) is 23.7 Å². The quantitative estimate of drug-likeness (QED) is 0.627. The zero-order valence-electron chi connectivity index (χ0n) is 17.4. The molecule has 1 N–H and O–H groups in total. The maximum Gasteiger partial charge on any atom is 0.262 e. The van der Waals surface area contributed by atoms with Crippen LogP contribution >= 0.6 is 0 Å². The Kier molecular flexibility index (Phi) is 5.69. The summed E-state index contributed by atoms with van der Waals surface area (Å²) in [5.74, 6) is 0.291. The van der Waals surface area contributed by atoms with Gasteiger partial charge in [0.15, 0.2) is 0 Å². The molecule has 3 aromatic carbocycles. The number of aryl methyl sites for hydroxylation is 1. The molecule has 0 aromatic heterocycles. The highest BCUT2D eigenvalue weighted by atomic mass is 32.2. The minimum atomic E-state index is -3.82. The third-order valence-electron chi connectivity index (χ3n) is 5.65. The standard InChI is InChI=1S/C24H24N2O4S/c1-26(22-16-13-17-7-3-4-8-20(17)22)24(27)18-11-14-19(15-12-18)31(28,29)25-21-9-5-6-10-23(21)30-2/h3-12,14-15,22,25H,13,16H2,1-2H3. The molecule has 0 radical (unpaired) electrons. The van der Waals surface area contributed by atoms with Crippen LogP contribution in [0.25, 0.3) is 0 Å². The molecule has 0 bridgehead atoms. The van der Waals surface area contributed by atoms with Crippen LogP contribution in [0.15, 0.2) is 77.7 Å². The van der Waals surface area contributed by atoms with Crippen LogP contribution in [0.4, 0.5) is 5.69 Å². The summed E-state index contributed by atoms with van der Waals surface area (Å²) in [7, 11) is -0.546. The molecule has 0 spiro atoms. The van der Waals surface area contributed by atoms with E-state index >= 15 is 0 Å². The number of benzene rings is 3. The van der Waals surface area contributed by atoms with E-state index in [0.717, 1.165) is 12.8 Å². The van der Waals surface area contributed by atoms with Crippen molar-refractivity contribution in [1.29, 1.82) is 0 Å². The van der Waals surface area contributed by atoms with Gasteiger partial charge in [-0.15, -0.1) is 0 Å². The molecule has 1 aliphatic rings. The van der Waals surface area contributed by atoms with Crippen LogP contribution in [-0.2, 0) is 16.4 Å². The van der Waals surface area contributed by atoms with E-state index in [0.29, 0.717) is 17.0 Å². The molecule has 7 heteroatoms. The molecular weight excluding hydrogens is 412 g/mol. The molecule has 0 saturated carbocycles. The average molecular weight is 437 g/mol. The summed E-state index contributed by atoms with van der Waals surface area (Å²) >= 11 is 0. The zero-order chi connectivity index (χ0) is 22.0. The predicted octanol–water partition coefficient (Wildman–Crippen LogP) is 4.26. The number of sulfonamides is 1. The van der Waals surface area contributed by atoms with Gasteiger partial charge in [-0.3, -0.25) is 9.52 Å². The second-order valence-electron chi connectivity index (χ2n) is 7.50. The Balaban J connectivity index is 1.52. The van der Waals surface area contributed by atoms with Crippen molar-refractivity contribution in [1.82, 2.24) is 4.90 Å². The fourth-order valence-electron chi connectivity index (χ4n) is 3.99. The van der Waals surface area contributed by atoms with Gasteiger partial charge in [0.2, 0.25) is 0 Å². The molecule has 160 valence electrons. The fraction of sp³-hybridized carbons (Fsp3) is 0.208. The van der Waals surface area contributed by atoms with E-state index in [4.69, 9.17) is 4.74 Å². The molecule has 1 atom stereocenters. The average Bonchev–Trinajstić information content (AvgIpc) is 3.22. The summed E-state index contributed by atoms with van der Waals surface area (Å²) < 4.78 is 33.3. The molecule has 1 unspecified atom stereocenters. The number of methoxy groups -OCH3 is 1. The first kappa shape index (κ1) is 20.9. The first-order chi connectivity index (χ1) is 14.9. The summed E-state index contributed by atoms with van der Waals surface area (Å²) in [5, 5.41) is 0. The molecule has 0 fully saturated rings. The first-order valence-corrected chi connectivity index (χ1v) is 11.5.